The lowest BCUT2D eigenvalue weighted by atomic mass is 9.79. The predicted octanol–water partition coefficient (Wildman–Crippen LogP) is 4.78. The molecule has 2 fully saturated rings. The van der Waals surface area contributed by atoms with Gasteiger partial charge in [-0.2, -0.15) is 0 Å². The van der Waals surface area contributed by atoms with E-state index >= 15 is 0 Å². The van der Waals surface area contributed by atoms with Crippen molar-refractivity contribution in [2.24, 2.45) is 17.3 Å². The molecule has 1 aromatic rings. The van der Waals surface area contributed by atoms with Crippen molar-refractivity contribution in [1.29, 1.82) is 0 Å². The molecule has 0 amide bonds. The van der Waals surface area contributed by atoms with Crippen LogP contribution in [0.4, 0.5) is 0 Å². The van der Waals surface area contributed by atoms with Crippen LogP contribution in [0.5, 0.6) is 0 Å². The summed E-state index contributed by atoms with van der Waals surface area (Å²) in [6.45, 7) is 7.44. The van der Waals surface area contributed by atoms with E-state index in [0.717, 1.165) is 31.7 Å². The third kappa shape index (κ3) is 7.29. The maximum atomic E-state index is 11.2. The first kappa shape index (κ1) is 26.0. The second-order valence-electron chi connectivity index (χ2n) is 8.94. The number of carbonyl (C=O) groups is 1. The average molecular weight is 443 g/mol. The predicted molar refractivity (Wildman–Crippen MR) is 125 cm³/mol. The Bertz CT molecular complexity index is 673. The molecule has 2 saturated carbocycles. The van der Waals surface area contributed by atoms with E-state index < -0.39 is 11.4 Å². The van der Waals surface area contributed by atoms with Crippen LogP contribution in [0.3, 0.4) is 0 Å². The summed E-state index contributed by atoms with van der Waals surface area (Å²) < 4.78 is 0. The molecule has 0 heterocycles. The van der Waals surface area contributed by atoms with Crippen LogP contribution >= 0.6 is 24.8 Å². The molecule has 0 aliphatic heterocycles. The van der Waals surface area contributed by atoms with Gasteiger partial charge in [0.05, 0.1) is 5.41 Å². The molecule has 29 heavy (non-hydrogen) atoms. The Kier molecular flexibility index (Phi) is 10.2. The molecule has 164 valence electrons. The number of hydrogen-bond acceptors (Lipinski definition) is 3. The molecule has 1 unspecified atom stereocenters. The van der Waals surface area contributed by atoms with Gasteiger partial charge in [-0.05, 0) is 63.5 Å². The fraction of sp³-hybridized carbons (Fsp3) is 0.609. The van der Waals surface area contributed by atoms with Gasteiger partial charge in [0.15, 0.2) is 0 Å². The standard InChI is InChI=1S/C23H34N2O2.2ClH/c1-4-18(10-16-8-6-5-7-9-16)20-13-21(20)24-14-17-11-19(12-17)25-15-23(2,3)22(26)27;;/h5-10,17,19-21,24-25H,4,11-15H2,1-3H3,(H,26,27);2*1H/t17?,19?,20?,21-;;/m0../s1. The van der Waals surface area contributed by atoms with Crippen molar-refractivity contribution in [1.82, 2.24) is 10.6 Å². The molecule has 0 aromatic heterocycles. The summed E-state index contributed by atoms with van der Waals surface area (Å²) in [4.78, 5) is 11.2. The second-order valence-corrected chi connectivity index (χ2v) is 8.94. The van der Waals surface area contributed by atoms with Gasteiger partial charge in [-0.15, -0.1) is 24.8 Å². The Hall–Kier alpha value is -1.07. The van der Waals surface area contributed by atoms with E-state index in [9.17, 15) is 9.90 Å². The molecule has 0 saturated heterocycles. The van der Waals surface area contributed by atoms with Crippen LogP contribution in [0.2, 0.25) is 0 Å². The number of aliphatic carboxylic acids is 1. The molecule has 3 N–H and O–H groups in total. The third-order valence-electron chi connectivity index (χ3n) is 6.14. The Balaban J connectivity index is 0.00000210. The topological polar surface area (TPSA) is 61.4 Å². The van der Waals surface area contributed by atoms with Gasteiger partial charge in [0.1, 0.15) is 0 Å². The summed E-state index contributed by atoms with van der Waals surface area (Å²) in [5.41, 5.74) is 2.17. The number of nitrogens with one attached hydrogen (secondary N) is 2. The van der Waals surface area contributed by atoms with E-state index in [0.29, 0.717) is 24.5 Å². The Morgan fingerprint density at radius 2 is 1.79 bits per heavy atom. The van der Waals surface area contributed by atoms with Crippen molar-refractivity contribution in [2.45, 2.75) is 58.5 Å². The normalized spacial score (nSPS) is 26.0. The highest BCUT2D eigenvalue weighted by atomic mass is 35.5. The SMILES string of the molecule is CCC(=Cc1ccccc1)C1C[C@@H]1NCC1CC(NCC(C)(C)C(=O)O)C1.Cl.Cl. The van der Waals surface area contributed by atoms with Gasteiger partial charge in [0, 0.05) is 18.6 Å². The van der Waals surface area contributed by atoms with Crippen molar-refractivity contribution in [3.63, 3.8) is 0 Å². The van der Waals surface area contributed by atoms with Crippen molar-refractivity contribution in [3.05, 3.63) is 41.5 Å². The quantitative estimate of drug-likeness (QED) is 0.487. The van der Waals surface area contributed by atoms with Gasteiger partial charge in [-0.3, -0.25) is 4.79 Å². The van der Waals surface area contributed by atoms with Gasteiger partial charge < -0.3 is 15.7 Å². The Morgan fingerprint density at radius 3 is 2.38 bits per heavy atom. The molecule has 2 aliphatic rings. The van der Waals surface area contributed by atoms with E-state index in [1.54, 1.807) is 19.4 Å². The van der Waals surface area contributed by atoms with E-state index in [1.165, 1.54) is 12.0 Å². The number of rotatable bonds is 10. The Labute approximate surface area is 187 Å². The molecule has 4 nitrogen and oxygen atoms in total. The molecule has 0 radical (unpaired) electrons. The van der Waals surface area contributed by atoms with Gasteiger partial charge in [0.25, 0.3) is 0 Å². The highest BCUT2D eigenvalue weighted by molar-refractivity contribution is 5.85. The van der Waals surface area contributed by atoms with Crippen LogP contribution in [-0.2, 0) is 4.79 Å². The summed E-state index contributed by atoms with van der Waals surface area (Å²) >= 11 is 0. The van der Waals surface area contributed by atoms with Gasteiger partial charge >= 0.3 is 5.97 Å². The van der Waals surface area contributed by atoms with Crippen molar-refractivity contribution in [2.75, 3.05) is 13.1 Å². The van der Waals surface area contributed by atoms with Crippen LogP contribution in [0, 0.1) is 17.3 Å². The first-order valence-electron chi connectivity index (χ1n) is 10.3. The summed E-state index contributed by atoms with van der Waals surface area (Å²) in [7, 11) is 0. The minimum atomic E-state index is -0.734. The first-order valence-corrected chi connectivity index (χ1v) is 10.3. The molecule has 2 atom stereocenters. The first-order chi connectivity index (χ1) is 12.9. The third-order valence-corrected chi connectivity index (χ3v) is 6.14. The van der Waals surface area contributed by atoms with E-state index in [-0.39, 0.29) is 24.8 Å². The number of carboxylic acids is 1. The van der Waals surface area contributed by atoms with E-state index in [4.69, 9.17) is 0 Å². The summed E-state index contributed by atoms with van der Waals surface area (Å²) in [5, 5.41) is 16.4. The molecule has 3 rings (SSSR count). The summed E-state index contributed by atoms with van der Waals surface area (Å²) in [5.74, 6) is 0.683. The zero-order valence-corrected chi connectivity index (χ0v) is 19.3. The molecule has 6 heteroatoms. The number of halogens is 2. The monoisotopic (exact) mass is 442 g/mol. The lowest BCUT2D eigenvalue weighted by Crippen LogP contribution is -2.49. The summed E-state index contributed by atoms with van der Waals surface area (Å²) in [6, 6.07) is 11.7. The fourth-order valence-electron chi connectivity index (χ4n) is 3.93. The van der Waals surface area contributed by atoms with Crippen molar-refractivity contribution in [3.8, 4) is 0 Å². The number of hydrogen-bond donors (Lipinski definition) is 3. The van der Waals surface area contributed by atoms with Crippen LogP contribution in [0.15, 0.2) is 35.9 Å². The number of carboxylic acid groups (broad SMARTS) is 1. The van der Waals surface area contributed by atoms with Crippen molar-refractivity contribution >= 4 is 36.9 Å². The smallest absolute Gasteiger partial charge is 0.310 e. The van der Waals surface area contributed by atoms with E-state index in [1.807, 2.05) is 0 Å². The van der Waals surface area contributed by atoms with Crippen LogP contribution in [0.25, 0.3) is 6.08 Å². The highest BCUT2D eigenvalue weighted by Crippen LogP contribution is 2.40. The lowest BCUT2D eigenvalue weighted by Gasteiger charge is -2.37. The maximum absolute atomic E-state index is 11.2. The molecular weight excluding hydrogens is 407 g/mol. The largest absolute Gasteiger partial charge is 0.481 e. The minimum Gasteiger partial charge on any atom is -0.481 e. The zero-order valence-electron chi connectivity index (χ0n) is 17.7. The van der Waals surface area contributed by atoms with Crippen LogP contribution in [0.1, 0.15) is 52.0 Å². The maximum Gasteiger partial charge on any atom is 0.310 e. The van der Waals surface area contributed by atoms with E-state index in [2.05, 4.69) is 54.0 Å². The molecule has 1 aromatic carbocycles. The highest BCUT2D eigenvalue weighted by Gasteiger charge is 2.40. The van der Waals surface area contributed by atoms with Crippen molar-refractivity contribution < 1.29 is 9.90 Å². The molecular formula is C23H36Cl2N2O2. The van der Waals surface area contributed by atoms with Gasteiger partial charge in [0.2, 0.25) is 0 Å². The molecule has 0 bridgehead atoms. The minimum absolute atomic E-state index is 0. The van der Waals surface area contributed by atoms with Crippen LogP contribution in [-0.4, -0.2) is 36.2 Å². The zero-order chi connectivity index (χ0) is 19.4. The number of benzene rings is 1. The molecule has 0 spiro atoms. The van der Waals surface area contributed by atoms with Gasteiger partial charge in [-0.1, -0.05) is 48.9 Å². The second kappa shape index (κ2) is 11.4. The van der Waals surface area contributed by atoms with Crippen LogP contribution < -0.4 is 10.6 Å². The fourth-order valence-corrected chi connectivity index (χ4v) is 3.93. The Morgan fingerprint density at radius 1 is 1.14 bits per heavy atom. The van der Waals surface area contributed by atoms with Gasteiger partial charge in [-0.25, -0.2) is 0 Å². The average Bonchev–Trinajstić information content (AvgIpc) is 3.38. The lowest BCUT2D eigenvalue weighted by molar-refractivity contribution is -0.146. The molecule has 2 aliphatic carbocycles. The summed E-state index contributed by atoms with van der Waals surface area (Å²) in [6.07, 6.45) is 7.04.